The van der Waals surface area contributed by atoms with Crippen molar-refractivity contribution in [3.63, 3.8) is 0 Å². The molecule has 2 aliphatic heterocycles. The Balaban J connectivity index is 1.69. The van der Waals surface area contributed by atoms with Crippen LogP contribution < -0.4 is 0 Å². The van der Waals surface area contributed by atoms with E-state index in [-0.39, 0.29) is 24.1 Å². The number of carbonyl (C=O) groups excluding carboxylic acids is 1. The molecule has 6 nitrogen and oxygen atoms in total. The number of aryl methyl sites for hydroxylation is 2. The molecule has 0 spiro atoms. The van der Waals surface area contributed by atoms with Gasteiger partial charge in [-0.15, -0.1) is 0 Å². The molecule has 1 N–H and O–H groups in total. The second-order valence-corrected chi connectivity index (χ2v) is 7.14. The minimum atomic E-state index is -0.267. The van der Waals surface area contributed by atoms with Crippen LogP contribution in [0.3, 0.4) is 0 Å². The number of aromatic nitrogens is 2. The Labute approximate surface area is 141 Å². The van der Waals surface area contributed by atoms with Gasteiger partial charge >= 0.3 is 0 Å². The van der Waals surface area contributed by atoms with Crippen LogP contribution in [-0.2, 0) is 0 Å². The molecular weight excluding hydrogens is 306 g/mol. The highest BCUT2D eigenvalue weighted by atomic mass is 16.5. The minimum Gasteiger partial charge on any atom is -0.393 e. The number of piperidine rings is 1. The minimum absolute atomic E-state index is 0.0777. The molecule has 4 heterocycles. The zero-order valence-electron chi connectivity index (χ0n) is 14.3. The summed E-state index contributed by atoms with van der Waals surface area (Å²) in [4.78, 5) is 15.2. The Bertz CT molecular complexity index is 778. The number of carbonyl (C=O) groups is 1. The number of aliphatic hydroxyl groups excluding tert-OH is 1. The largest absolute Gasteiger partial charge is 0.393 e. The second kappa shape index (κ2) is 5.48. The molecule has 128 valence electrons. The van der Waals surface area contributed by atoms with Gasteiger partial charge in [-0.25, -0.2) is 0 Å². The molecular formula is C18H23N3O3. The Morgan fingerprint density at radius 2 is 1.88 bits per heavy atom. The van der Waals surface area contributed by atoms with Gasteiger partial charge in [0.15, 0.2) is 5.82 Å². The first-order valence-electron chi connectivity index (χ1n) is 8.59. The highest BCUT2D eigenvalue weighted by Crippen LogP contribution is 2.37. The van der Waals surface area contributed by atoms with Crippen molar-refractivity contribution >= 4 is 5.91 Å². The summed E-state index contributed by atoms with van der Waals surface area (Å²) in [6, 6.07) is 4.15. The van der Waals surface area contributed by atoms with E-state index >= 15 is 0 Å². The van der Waals surface area contributed by atoms with E-state index in [9.17, 15) is 9.90 Å². The van der Waals surface area contributed by atoms with E-state index in [0.717, 1.165) is 35.6 Å². The second-order valence-electron chi connectivity index (χ2n) is 7.14. The van der Waals surface area contributed by atoms with Crippen molar-refractivity contribution in [2.45, 2.75) is 64.6 Å². The smallest absolute Gasteiger partial charge is 0.256 e. The third-order valence-electron chi connectivity index (χ3n) is 5.45. The fourth-order valence-corrected chi connectivity index (χ4v) is 4.41. The molecule has 0 saturated carbocycles. The van der Waals surface area contributed by atoms with Crippen molar-refractivity contribution < 1.29 is 14.4 Å². The Morgan fingerprint density at radius 1 is 1.21 bits per heavy atom. The van der Waals surface area contributed by atoms with Crippen LogP contribution in [0.2, 0.25) is 0 Å². The van der Waals surface area contributed by atoms with Crippen LogP contribution in [0.5, 0.6) is 0 Å². The third-order valence-corrected chi connectivity index (χ3v) is 5.45. The predicted molar refractivity (Wildman–Crippen MR) is 88.3 cm³/mol. The lowest BCUT2D eigenvalue weighted by atomic mass is 9.99. The highest BCUT2D eigenvalue weighted by molar-refractivity contribution is 5.96. The number of fused-ring (bicyclic) bond motifs is 2. The number of hydrogen-bond acceptors (Lipinski definition) is 4. The van der Waals surface area contributed by atoms with Gasteiger partial charge in [-0.2, -0.15) is 0 Å². The molecule has 6 heteroatoms. The van der Waals surface area contributed by atoms with Gasteiger partial charge in [-0.1, -0.05) is 5.16 Å². The van der Waals surface area contributed by atoms with E-state index in [4.69, 9.17) is 4.52 Å². The van der Waals surface area contributed by atoms with Crippen molar-refractivity contribution in [2.75, 3.05) is 0 Å². The van der Waals surface area contributed by atoms with Crippen molar-refractivity contribution in [1.29, 1.82) is 0 Å². The molecule has 24 heavy (non-hydrogen) atoms. The zero-order chi connectivity index (χ0) is 17.0. The fourth-order valence-electron chi connectivity index (χ4n) is 4.41. The van der Waals surface area contributed by atoms with Crippen LogP contribution in [0.25, 0.3) is 5.82 Å². The van der Waals surface area contributed by atoms with E-state index in [1.165, 1.54) is 0 Å². The quantitative estimate of drug-likeness (QED) is 0.919. The van der Waals surface area contributed by atoms with Gasteiger partial charge in [-0.05, 0) is 52.5 Å². The van der Waals surface area contributed by atoms with E-state index in [1.807, 2.05) is 42.4 Å². The first-order valence-corrected chi connectivity index (χ1v) is 8.59. The molecule has 2 saturated heterocycles. The Morgan fingerprint density at radius 3 is 2.46 bits per heavy atom. The van der Waals surface area contributed by atoms with Crippen LogP contribution in [-0.4, -0.2) is 43.8 Å². The molecule has 2 aromatic heterocycles. The average molecular weight is 329 g/mol. The van der Waals surface area contributed by atoms with Crippen LogP contribution in [0.15, 0.2) is 16.7 Å². The van der Waals surface area contributed by atoms with E-state index in [2.05, 4.69) is 5.16 Å². The van der Waals surface area contributed by atoms with Crippen LogP contribution >= 0.6 is 0 Å². The first kappa shape index (κ1) is 15.4. The lowest BCUT2D eigenvalue weighted by molar-refractivity contribution is 0.0286. The molecule has 2 unspecified atom stereocenters. The average Bonchev–Trinajstić information content (AvgIpc) is 3.14. The van der Waals surface area contributed by atoms with Gasteiger partial charge < -0.3 is 14.5 Å². The number of hydrogen-bond donors (Lipinski definition) is 1. The molecule has 2 bridgehead atoms. The van der Waals surface area contributed by atoms with Gasteiger partial charge in [0.05, 0.1) is 11.7 Å². The number of rotatable bonds is 2. The van der Waals surface area contributed by atoms with Gasteiger partial charge in [0, 0.05) is 29.5 Å². The summed E-state index contributed by atoms with van der Waals surface area (Å²) in [5.74, 6) is 1.53. The zero-order valence-corrected chi connectivity index (χ0v) is 14.3. The molecule has 4 rings (SSSR count). The number of aliphatic hydroxyl groups is 1. The van der Waals surface area contributed by atoms with Gasteiger partial charge in [0.2, 0.25) is 0 Å². The van der Waals surface area contributed by atoms with E-state index in [1.54, 1.807) is 0 Å². The topological polar surface area (TPSA) is 71.5 Å². The maximum absolute atomic E-state index is 13.2. The summed E-state index contributed by atoms with van der Waals surface area (Å²) in [6.45, 7) is 5.78. The molecule has 0 aliphatic carbocycles. The van der Waals surface area contributed by atoms with Crippen LogP contribution in [0.4, 0.5) is 0 Å². The van der Waals surface area contributed by atoms with Crippen LogP contribution in [0.1, 0.15) is 53.2 Å². The van der Waals surface area contributed by atoms with Gasteiger partial charge in [0.1, 0.15) is 5.76 Å². The summed E-state index contributed by atoms with van der Waals surface area (Å²) in [5, 5.41) is 14.0. The normalized spacial score (nSPS) is 26.2. The molecule has 2 fully saturated rings. The van der Waals surface area contributed by atoms with Gasteiger partial charge in [0.25, 0.3) is 5.91 Å². The van der Waals surface area contributed by atoms with Crippen molar-refractivity contribution in [3.05, 3.63) is 34.8 Å². The number of amides is 1. The molecule has 2 atom stereocenters. The Hall–Kier alpha value is -2.08. The lowest BCUT2D eigenvalue weighted by Crippen LogP contribution is -2.48. The predicted octanol–water partition coefficient (Wildman–Crippen LogP) is 2.52. The van der Waals surface area contributed by atoms with Crippen molar-refractivity contribution in [1.82, 2.24) is 14.6 Å². The van der Waals surface area contributed by atoms with Crippen LogP contribution in [0, 0.1) is 20.8 Å². The first-order chi connectivity index (χ1) is 11.5. The summed E-state index contributed by atoms with van der Waals surface area (Å²) in [5.41, 5.74) is 2.58. The maximum atomic E-state index is 13.2. The maximum Gasteiger partial charge on any atom is 0.256 e. The molecule has 2 aliphatic rings. The summed E-state index contributed by atoms with van der Waals surface area (Å²) >= 11 is 0. The molecule has 0 radical (unpaired) electrons. The molecule has 0 aromatic carbocycles. The third kappa shape index (κ3) is 2.28. The standard InChI is InChI=1S/C18H23N3O3/c1-10-6-16(12(3)20(10)17-7-11(2)24-19-17)18(23)21-13-4-5-14(21)9-15(22)8-13/h6-7,13-15,22H,4-5,8-9H2,1-3H3. The molecule has 1 amide bonds. The van der Waals surface area contributed by atoms with Gasteiger partial charge in [-0.3, -0.25) is 9.36 Å². The lowest BCUT2D eigenvalue weighted by Gasteiger charge is -2.37. The highest BCUT2D eigenvalue weighted by Gasteiger charge is 2.43. The summed E-state index contributed by atoms with van der Waals surface area (Å²) in [7, 11) is 0. The molecule has 2 aromatic rings. The summed E-state index contributed by atoms with van der Waals surface area (Å²) < 4.78 is 7.14. The van der Waals surface area contributed by atoms with Crippen molar-refractivity contribution in [3.8, 4) is 5.82 Å². The van der Waals surface area contributed by atoms with E-state index < -0.39 is 0 Å². The number of nitrogens with zero attached hydrogens (tertiary/aromatic N) is 3. The fraction of sp³-hybridized carbons (Fsp3) is 0.556. The SMILES string of the molecule is Cc1cc(-n2c(C)cc(C(=O)N3C4CCC3CC(O)C4)c2C)no1. The Kier molecular flexibility index (Phi) is 3.53. The summed E-state index contributed by atoms with van der Waals surface area (Å²) in [6.07, 6.45) is 3.12. The van der Waals surface area contributed by atoms with Crippen molar-refractivity contribution in [2.24, 2.45) is 0 Å². The van der Waals surface area contributed by atoms with E-state index in [0.29, 0.717) is 18.7 Å². The monoisotopic (exact) mass is 329 g/mol.